The number of hydrogen-bond donors (Lipinski definition) is 2. The van der Waals surface area contributed by atoms with Gasteiger partial charge in [0.2, 0.25) is 5.91 Å². The molecule has 9 heteroatoms. The Morgan fingerprint density at radius 2 is 1.92 bits per heavy atom. The molecule has 37 heavy (non-hydrogen) atoms. The van der Waals surface area contributed by atoms with Crippen LogP contribution in [0.15, 0.2) is 59.7 Å². The fourth-order valence-corrected chi connectivity index (χ4v) is 4.94. The van der Waals surface area contributed by atoms with Crippen molar-refractivity contribution in [1.29, 1.82) is 0 Å². The van der Waals surface area contributed by atoms with E-state index in [0.29, 0.717) is 25.7 Å². The predicted octanol–water partition coefficient (Wildman–Crippen LogP) is 1.89. The van der Waals surface area contributed by atoms with E-state index in [2.05, 4.69) is 15.3 Å². The van der Waals surface area contributed by atoms with Gasteiger partial charge in [0.1, 0.15) is 17.7 Å². The summed E-state index contributed by atoms with van der Waals surface area (Å²) in [6, 6.07) is 17.1. The molecule has 0 saturated carbocycles. The summed E-state index contributed by atoms with van der Waals surface area (Å²) in [6.45, 7) is 4.67. The number of nitrogens with one attached hydrogen (secondary N) is 1. The fourth-order valence-electron chi connectivity index (χ4n) is 4.94. The third-order valence-electron chi connectivity index (χ3n) is 6.91. The number of rotatable bonds is 10. The van der Waals surface area contributed by atoms with E-state index in [4.69, 9.17) is 10.5 Å². The summed E-state index contributed by atoms with van der Waals surface area (Å²) >= 11 is 0. The van der Waals surface area contributed by atoms with Gasteiger partial charge in [0, 0.05) is 37.8 Å². The van der Waals surface area contributed by atoms with Gasteiger partial charge in [0.15, 0.2) is 0 Å². The lowest BCUT2D eigenvalue weighted by Gasteiger charge is -2.41. The number of benzene rings is 2. The first-order chi connectivity index (χ1) is 17.6. The molecule has 0 radical (unpaired) electrons. The number of piperidine rings is 1. The lowest BCUT2D eigenvalue weighted by Crippen LogP contribution is -2.54. The van der Waals surface area contributed by atoms with Gasteiger partial charge in [-0.3, -0.25) is 9.59 Å². The molecule has 0 aromatic heterocycles. The molecule has 2 heterocycles. The Balaban J connectivity index is 1.49. The van der Waals surface area contributed by atoms with Gasteiger partial charge in [-0.15, -0.1) is 0 Å². The molecule has 9 nitrogen and oxygen atoms in total. The van der Waals surface area contributed by atoms with Crippen molar-refractivity contribution in [3.8, 4) is 0 Å². The quantitative estimate of drug-likeness (QED) is 0.476. The minimum absolute atomic E-state index is 0.0113. The smallest absolute Gasteiger partial charge is 0.256 e. The number of nitrogens with two attached hydrogens (primary N) is 1. The summed E-state index contributed by atoms with van der Waals surface area (Å²) in [5, 5.41) is 8.69. The summed E-state index contributed by atoms with van der Waals surface area (Å²) in [6.07, 6.45) is 1.92. The number of fused-ring (bicyclic) bond motifs is 1. The van der Waals surface area contributed by atoms with Gasteiger partial charge in [-0.1, -0.05) is 48.5 Å². The van der Waals surface area contributed by atoms with Crippen molar-refractivity contribution in [2.75, 3.05) is 31.6 Å². The lowest BCUT2D eigenvalue weighted by atomic mass is 9.73. The number of hydrogen-bond acceptors (Lipinski definition) is 7. The molecule has 2 atom stereocenters. The molecule has 0 bridgehead atoms. The molecule has 2 aromatic carbocycles. The van der Waals surface area contributed by atoms with Gasteiger partial charge in [0.05, 0.1) is 24.5 Å². The predicted molar refractivity (Wildman–Crippen MR) is 142 cm³/mol. The number of nitrogens with zero attached hydrogens (tertiary/aromatic N) is 3. The van der Waals surface area contributed by atoms with E-state index in [1.165, 1.54) is 5.01 Å². The Morgan fingerprint density at radius 3 is 2.62 bits per heavy atom. The molecule has 2 aliphatic heterocycles. The lowest BCUT2D eigenvalue weighted by molar-refractivity contribution is -0.134. The maximum atomic E-state index is 13.4. The van der Waals surface area contributed by atoms with Crippen molar-refractivity contribution in [3.05, 3.63) is 65.7 Å². The first-order valence-electron chi connectivity index (χ1n) is 12.5. The zero-order valence-corrected chi connectivity index (χ0v) is 21.6. The summed E-state index contributed by atoms with van der Waals surface area (Å²) in [7, 11) is 1.72. The molecule has 0 unspecified atom stereocenters. The topological polar surface area (TPSA) is 117 Å². The zero-order valence-electron chi connectivity index (χ0n) is 21.6. The molecule has 3 N–H and O–H groups in total. The molecule has 0 spiro atoms. The normalized spacial score (nSPS) is 20.3. The molecule has 0 aliphatic carbocycles. The van der Waals surface area contributed by atoms with Crippen LogP contribution < -0.4 is 16.0 Å². The van der Waals surface area contributed by atoms with Gasteiger partial charge in [-0.25, -0.2) is 5.01 Å². The molecule has 2 amide bonds. The van der Waals surface area contributed by atoms with Crippen LogP contribution in [0.5, 0.6) is 0 Å². The van der Waals surface area contributed by atoms with Crippen LogP contribution in [0, 0.1) is 5.41 Å². The SMILES string of the molecule is CN1N=C2CCN(c3ccccc3COC[C@H](C=O)NC(=O)C(C)(C)N)C[C@@]2(Cc2ccccc2)C1=O. The first-order valence-corrected chi connectivity index (χ1v) is 12.5. The third kappa shape index (κ3) is 5.73. The van der Waals surface area contributed by atoms with Crippen LogP contribution >= 0.6 is 0 Å². The highest BCUT2D eigenvalue weighted by atomic mass is 16.5. The summed E-state index contributed by atoms with van der Waals surface area (Å²) in [4.78, 5) is 39.3. The minimum Gasteiger partial charge on any atom is -0.374 e. The standard InChI is InChI=1S/C28H35N5O4/c1-27(2,29)25(35)30-22(16-34)18-37-17-21-11-7-8-12-23(21)33-14-13-24-28(19-33,26(36)32(3)31-24)15-20-9-5-4-6-10-20/h4-12,16,22H,13-15,17-19,29H2,1-3H3,(H,30,35)/t22-,28+/m0/s1. The molecule has 4 rings (SSSR count). The van der Waals surface area contributed by atoms with E-state index in [1.54, 1.807) is 20.9 Å². The van der Waals surface area contributed by atoms with Gasteiger partial charge in [-0.05, 0) is 31.9 Å². The molecule has 2 aliphatic rings. The van der Waals surface area contributed by atoms with Gasteiger partial charge < -0.3 is 25.5 Å². The average molecular weight is 506 g/mol. The van der Waals surface area contributed by atoms with Gasteiger partial charge in [-0.2, -0.15) is 5.10 Å². The highest BCUT2D eigenvalue weighted by Gasteiger charge is 2.52. The number of hydrazone groups is 1. The molecule has 2 aromatic rings. The number of para-hydroxylation sites is 1. The second-order valence-corrected chi connectivity index (χ2v) is 10.4. The van der Waals surface area contributed by atoms with E-state index in [-0.39, 0.29) is 19.1 Å². The summed E-state index contributed by atoms with van der Waals surface area (Å²) < 4.78 is 5.85. The summed E-state index contributed by atoms with van der Waals surface area (Å²) in [5.74, 6) is -0.411. The summed E-state index contributed by atoms with van der Waals surface area (Å²) in [5.41, 5.74) is 7.94. The van der Waals surface area contributed by atoms with Crippen molar-refractivity contribution < 1.29 is 19.1 Å². The molecule has 1 saturated heterocycles. The Labute approximate surface area is 217 Å². The van der Waals surface area contributed by atoms with Crippen molar-refractivity contribution in [1.82, 2.24) is 10.3 Å². The van der Waals surface area contributed by atoms with Crippen LogP contribution in [-0.4, -0.2) is 67.1 Å². The van der Waals surface area contributed by atoms with Gasteiger partial charge in [0.25, 0.3) is 5.91 Å². The van der Waals surface area contributed by atoms with E-state index in [0.717, 1.165) is 29.1 Å². The number of aldehydes is 1. The van der Waals surface area contributed by atoms with Crippen molar-refractivity contribution in [3.63, 3.8) is 0 Å². The van der Waals surface area contributed by atoms with Crippen LogP contribution in [0.4, 0.5) is 5.69 Å². The molecule has 1 fully saturated rings. The van der Waals surface area contributed by atoms with E-state index < -0.39 is 22.9 Å². The third-order valence-corrected chi connectivity index (χ3v) is 6.91. The average Bonchev–Trinajstić information content (AvgIpc) is 3.12. The zero-order chi connectivity index (χ0) is 26.6. The van der Waals surface area contributed by atoms with Crippen LogP contribution in [0.2, 0.25) is 0 Å². The highest BCUT2D eigenvalue weighted by molar-refractivity contribution is 6.13. The minimum atomic E-state index is -1.09. The van der Waals surface area contributed by atoms with E-state index >= 15 is 0 Å². The number of ether oxygens (including phenoxy) is 1. The van der Waals surface area contributed by atoms with Crippen molar-refractivity contribution in [2.45, 2.75) is 44.9 Å². The van der Waals surface area contributed by atoms with Gasteiger partial charge >= 0.3 is 0 Å². The van der Waals surface area contributed by atoms with E-state index in [9.17, 15) is 14.4 Å². The highest BCUT2D eigenvalue weighted by Crippen LogP contribution is 2.40. The van der Waals surface area contributed by atoms with Crippen molar-refractivity contribution in [2.24, 2.45) is 16.3 Å². The Kier molecular flexibility index (Phi) is 7.75. The molecule has 196 valence electrons. The Bertz CT molecular complexity index is 1180. The van der Waals surface area contributed by atoms with Crippen molar-refractivity contribution >= 4 is 29.5 Å². The second-order valence-electron chi connectivity index (χ2n) is 10.4. The van der Waals surface area contributed by atoms with Crippen LogP contribution in [-0.2, 0) is 32.1 Å². The number of amides is 2. The van der Waals surface area contributed by atoms with Crippen LogP contribution in [0.25, 0.3) is 0 Å². The first kappa shape index (κ1) is 26.5. The van der Waals surface area contributed by atoms with Crippen LogP contribution in [0.1, 0.15) is 31.4 Å². The number of carbonyl (C=O) groups is 3. The Morgan fingerprint density at radius 1 is 1.22 bits per heavy atom. The maximum Gasteiger partial charge on any atom is 0.256 e. The molecular weight excluding hydrogens is 470 g/mol. The second kappa shape index (κ2) is 10.8. The fraction of sp³-hybridized carbons (Fsp3) is 0.429. The van der Waals surface area contributed by atoms with Crippen LogP contribution in [0.3, 0.4) is 0 Å². The molecular formula is C28H35N5O4. The maximum absolute atomic E-state index is 13.4. The largest absolute Gasteiger partial charge is 0.374 e. The van der Waals surface area contributed by atoms with E-state index in [1.807, 2.05) is 54.6 Å². The monoisotopic (exact) mass is 505 g/mol. The number of carbonyl (C=O) groups excluding carboxylic acids is 3. The number of anilines is 1. The Hall–Kier alpha value is -3.56.